The van der Waals surface area contributed by atoms with Crippen molar-refractivity contribution in [3.05, 3.63) is 70.8 Å². The first-order valence-electron chi connectivity index (χ1n) is 7.05. The Morgan fingerprint density at radius 1 is 0.913 bits per heavy atom. The van der Waals surface area contributed by atoms with Crippen LogP contribution in [0.3, 0.4) is 0 Å². The zero-order chi connectivity index (χ0) is 16.2. The lowest BCUT2D eigenvalue weighted by Gasteiger charge is -2.07. The minimum atomic E-state index is -0.440. The minimum Gasteiger partial charge on any atom is -0.388 e. The van der Waals surface area contributed by atoms with E-state index in [-0.39, 0.29) is 5.69 Å². The van der Waals surface area contributed by atoms with Crippen LogP contribution in [0.15, 0.2) is 70.9 Å². The molecule has 0 amide bonds. The summed E-state index contributed by atoms with van der Waals surface area (Å²) in [5, 5.41) is 24.3. The van der Waals surface area contributed by atoms with Crippen molar-refractivity contribution in [2.75, 3.05) is 12.4 Å². The molecule has 0 heterocycles. The quantitative estimate of drug-likeness (QED) is 0.408. The first-order chi connectivity index (χ1) is 11.2. The Morgan fingerprint density at radius 3 is 2.26 bits per heavy atom. The molecule has 23 heavy (non-hydrogen) atoms. The third-order valence-corrected chi connectivity index (χ3v) is 3.50. The predicted octanol–water partition coefficient (Wildman–Crippen LogP) is 5.21. The molecule has 3 aromatic carbocycles. The van der Waals surface area contributed by atoms with Crippen LogP contribution in [0.25, 0.3) is 10.8 Å². The molecule has 0 atom stereocenters. The fourth-order valence-electron chi connectivity index (χ4n) is 2.34. The maximum atomic E-state index is 10.6. The maximum absolute atomic E-state index is 10.6. The van der Waals surface area contributed by atoms with Gasteiger partial charge >= 0.3 is 0 Å². The third kappa shape index (κ3) is 3.01. The number of anilines is 1. The number of non-ortho nitro benzene ring substituents is 1. The van der Waals surface area contributed by atoms with Crippen molar-refractivity contribution in [1.29, 1.82) is 0 Å². The van der Waals surface area contributed by atoms with Gasteiger partial charge in [-0.1, -0.05) is 24.3 Å². The average Bonchev–Trinajstić information content (AvgIpc) is 2.60. The topological polar surface area (TPSA) is 79.9 Å². The maximum Gasteiger partial charge on any atom is 0.269 e. The molecule has 0 saturated heterocycles. The van der Waals surface area contributed by atoms with Gasteiger partial charge in [0.1, 0.15) is 0 Å². The number of nitro benzene ring substituents is 1. The molecule has 0 aliphatic carbocycles. The molecule has 0 radical (unpaired) electrons. The molecular formula is C17H14N4O2. The predicted molar refractivity (Wildman–Crippen MR) is 90.8 cm³/mol. The van der Waals surface area contributed by atoms with Crippen LogP contribution in [0.5, 0.6) is 0 Å². The molecule has 0 bridgehead atoms. The van der Waals surface area contributed by atoms with E-state index in [4.69, 9.17) is 0 Å². The van der Waals surface area contributed by atoms with Gasteiger partial charge in [-0.05, 0) is 24.3 Å². The Balaban J connectivity index is 1.96. The molecule has 0 aromatic heterocycles. The SMILES string of the molecule is CNc1ccc(N=Nc2ccc([N+](=O)[O-])cc2)c2ccccc12. The molecule has 1 N–H and O–H groups in total. The van der Waals surface area contributed by atoms with Crippen molar-refractivity contribution in [2.45, 2.75) is 0 Å². The lowest BCUT2D eigenvalue weighted by atomic mass is 10.1. The molecule has 0 aliphatic heterocycles. The Labute approximate surface area is 132 Å². The van der Waals surface area contributed by atoms with E-state index in [0.29, 0.717) is 5.69 Å². The summed E-state index contributed by atoms with van der Waals surface area (Å²) < 4.78 is 0. The molecule has 6 nitrogen and oxygen atoms in total. The van der Waals surface area contributed by atoms with Gasteiger partial charge in [0.05, 0.1) is 16.3 Å². The molecule has 0 unspecified atom stereocenters. The van der Waals surface area contributed by atoms with Gasteiger partial charge in [0.2, 0.25) is 0 Å². The summed E-state index contributed by atoms with van der Waals surface area (Å²) in [6.07, 6.45) is 0. The van der Waals surface area contributed by atoms with Crippen molar-refractivity contribution >= 4 is 33.5 Å². The largest absolute Gasteiger partial charge is 0.388 e. The van der Waals surface area contributed by atoms with Crippen molar-refractivity contribution in [3.8, 4) is 0 Å². The van der Waals surface area contributed by atoms with Gasteiger partial charge in [-0.2, -0.15) is 5.11 Å². The Bertz CT molecular complexity index is 889. The Kier molecular flexibility index (Phi) is 3.97. The molecule has 3 aromatic rings. The molecule has 3 rings (SSSR count). The summed E-state index contributed by atoms with van der Waals surface area (Å²) in [7, 11) is 1.87. The average molecular weight is 306 g/mol. The van der Waals surface area contributed by atoms with Crippen molar-refractivity contribution in [2.24, 2.45) is 10.2 Å². The van der Waals surface area contributed by atoms with Gasteiger partial charge in [0.15, 0.2) is 0 Å². The van der Waals surface area contributed by atoms with E-state index < -0.39 is 4.92 Å². The van der Waals surface area contributed by atoms with E-state index in [1.807, 2.05) is 43.4 Å². The number of hydrogen-bond acceptors (Lipinski definition) is 5. The van der Waals surface area contributed by atoms with E-state index in [9.17, 15) is 10.1 Å². The van der Waals surface area contributed by atoms with E-state index >= 15 is 0 Å². The molecule has 0 fully saturated rings. The van der Waals surface area contributed by atoms with Crippen LogP contribution in [-0.2, 0) is 0 Å². The second kappa shape index (κ2) is 6.23. The monoisotopic (exact) mass is 306 g/mol. The van der Waals surface area contributed by atoms with Crippen molar-refractivity contribution in [1.82, 2.24) is 0 Å². The smallest absolute Gasteiger partial charge is 0.269 e. The Hall–Kier alpha value is -3.28. The normalized spacial score (nSPS) is 11.0. The summed E-state index contributed by atoms with van der Waals surface area (Å²) >= 11 is 0. The number of nitrogens with one attached hydrogen (secondary N) is 1. The molecule has 6 heteroatoms. The second-order valence-corrected chi connectivity index (χ2v) is 4.90. The van der Waals surface area contributed by atoms with Crippen LogP contribution in [-0.4, -0.2) is 12.0 Å². The third-order valence-electron chi connectivity index (χ3n) is 3.50. The van der Waals surface area contributed by atoms with Gasteiger partial charge in [-0.3, -0.25) is 10.1 Å². The van der Waals surface area contributed by atoms with E-state index in [2.05, 4.69) is 15.5 Å². The summed E-state index contributed by atoms with van der Waals surface area (Å²) in [5.74, 6) is 0. The molecule has 0 aliphatic rings. The molecule has 0 spiro atoms. The van der Waals surface area contributed by atoms with E-state index in [1.54, 1.807) is 12.1 Å². The molecular weight excluding hydrogens is 292 g/mol. The highest BCUT2D eigenvalue weighted by atomic mass is 16.6. The number of hydrogen-bond donors (Lipinski definition) is 1. The number of nitrogens with zero attached hydrogens (tertiary/aromatic N) is 3. The van der Waals surface area contributed by atoms with E-state index in [1.165, 1.54) is 12.1 Å². The van der Waals surface area contributed by atoms with Crippen LogP contribution >= 0.6 is 0 Å². The van der Waals surface area contributed by atoms with Crippen LogP contribution in [0.4, 0.5) is 22.7 Å². The number of benzene rings is 3. The van der Waals surface area contributed by atoms with Gasteiger partial charge < -0.3 is 5.32 Å². The van der Waals surface area contributed by atoms with Crippen LogP contribution in [0, 0.1) is 10.1 Å². The Morgan fingerprint density at radius 2 is 1.61 bits per heavy atom. The number of nitro groups is 1. The highest BCUT2D eigenvalue weighted by Gasteiger charge is 2.05. The lowest BCUT2D eigenvalue weighted by Crippen LogP contribution is -1.88. The number of fused-ring (bicyclic) bond motifs is 1. The highest BCUT2D eigenvalue weighted by Crippen LogP contribution is 2.32. The molecule has 114 valence electrons. The first kappa shape index (κ1) is 14.6. The van der Waals surface area contributed by atoms with Gasteiger partial charge in [-0.15, -0.1) is 5.11 Å². The summed E-state index contributed by atoms with van der Waals surface area (Å²) in [6.45, 7) is 0. The van der Waals surface area contributed by atoms with Gasteiger partial charge in [0.25, 0.3) is 5.69 Å². The first-order valence-corrected chi connectivity index (χ1v) is 7.05. The van der Waals surface area contributed by atoms with E-state index in [0.717, 1.165) is 22.1 Å². The minimum absolute atomic E-state index is 0.0350. The van der Waals surface area contributed by atoms with Gasteiger partial charge in [-0.25, -0.2) is 0 Å². The second-order valence-electron chi connectivity index (χ2n) is 4.90. The summed E-state index contributed by atoms with van der Waals surface area (Å²) in [5.41, 5.74) is 2.37. The zero-order valence-electron chi connectivity index (χ0n) is 12.4. The lowest BCUT2D eigenvalue weighted by molar-refractivity contribution is -0.384. The summed E-state index contributed by atoms with van der Waals surface area (Å²) in [6, 6.07) is 17.7. The van der Waals surface area contributed by atoms with Crippen molar-refractivity contribution < 1.29 is 4.92 Å². The van der Waals surface area contributed by atoms with Gasteiger partial charge in [0, 0.05) is 35.6 Å². The molecule has 0 saturated carbocycles. The highest BCUT2D eigenvalue weighted by molar-refractivity contribution is 6.00. The fourth-order valence-corrected chi connectivity index (χ4v) is 2.34. The fraction of sp³-hybridized carbons (Fsp3) is 0.0588. The van der Waals surface area contributed by atoms with Crippen LogP contribution in [0.1, 0.15) is 0 Å². The number of rotatable bonds is 4. The zero-order valence-corrected chi connectivity index (χ0v) is 12.4. The standard InChI is InChI=1S/C17H14N4O2/c1-18-16-10-11-17(15-5-3-2-4-14(15)16)20-19-12-6-8-13(9-7-12)21(22)23/h2-11,18H,1H3. The van der Waals surface area contributed by atoms with Crippen molar-refractivity contribution in [3.63, 3.8) is 0 Å². The summed E-state index contributed by atoms with van der Waals surface area (Å²) in [4.78, 5) is 10.2. The number of azo groups is 1. The van der Waals surface area contributed by atoms with Crippen LogP contribution in [0.2, 0.25) is 0 Å². The van der Waals surface area contributed by atoms with Crippen LogP contribution < -0.4 is 5.32 Å².